The average Bonchev–Trinajstić information content (AvgIpc) is 3.48. The van der Waals surface area contributed by atoms with E-state index in [1.54, 1.807) is 5.51 Å². The first-order valence-corrected chi connectivity index (χ1v) is 11.0. The van der Waals surface area contributed by atoms with E-state index in [2.05, 4.69) is 32.4 Å². The zero-order valence-electron chi connectivity index (χ0n) is 16.7. The number of rotatable bonds is 6. The summed E-state index contributed by atoms with van der Waals surface area (Å²) >= 11 is 1.53. The van der Waals surface area contributed by atoms with E-state index in [1.807, 2.05) is 72.1 Å². The van der Waals surface area contributed by atoms with Crippen LogP contribution in [0.5, 0.6) is 0 Å². The van der Waals surface area contributed by atoms with Crippen LogP contribution in [0, 0.1) is 0 Å². The molecule has 0 aliphatic rings. The lowest BCUT2D eigenvalue weighted by Crippen LogP contribution is -2.23. The smallest absolute Gasteiger partial charge is 0.232 e. The highest BCUT2D eigenvalue weighted by atomic mass is 32.1. The molecule has 0 aliphatic carbocycles. The standard InChI is InChI=1S/C25H20N4OS/c30-25(20(18-9-5-2-6-10-18)13-17-7-3-1-4-8-17)27-19-11-12-21-22(14-19)29-24(28-21)23-15-31-16-26-23/h1-12,14-16,20H,13H2,(H,27,30)(H,28,29). The fourth-order valence-electron chi connectivity index (χ4n) is 3.66. The van der Waals surface area contributed by atoms with Crippen molar-refractivity contribution in [1.29, 1.82) is 0 Å². The van der Waals surface area contributed by atoms with Crippen LogP contribution in [0.4, 0.5) is 5.69 Å². The Morgan fingerprint density at radius 2 is 1.77 bits per heavy atom. The Hall–Kier alpha value is -3.77. The van der Waals surface area contributed by atoms with Crippen molar-refractivity contribution in [3.05, 3.63) is 101 Å². The zero-order valence-corrected chi connectivity index (χ0v) is 17.5. The van der Waals surface area contributed by atoms with Crippen LogP contribution < -0.4 is 5.32 Å². The Kier molecular flexibility index (Phi) is 5.29. The maximum Gasteiger partial charge on any atom is 0.232 e. The monoisotopic (exact) mass is 424 g/mol. The molecule has 0 spiro atoms. The van der Waals surface area contributed by atoms with Crippen molar-refractivity contribution in [3.63, 3.8) is 0 Å². The molecular formula is C25H20N4OS. The summed E-state index contributed by atoms with van der Waals surface area (Å²) in [4.78, 5) is 25.5. The van der Waals surface area contributed by atoms with Crippen molar-refractivity contribution in [3.8, 4) is 11.5 Å². The van der Waals surface area contributed by atoms with Gasteiger partial charge in [-0.05, 0) is 35.7 Å². The maximum absolute atomic E-state index is 13.3. The van der Waals surface area contributed by atoms with Crippen LogP contribution in [-0.2, 0) is 11.2 Å². The molecule has 2 aromatic heterocycles. The minimum Gasteiger partial charge on any atom is -0.337 e. The molecule has 6 heteroatoms. The lowest BCUT2D eigenvalue weighted by atomic mass is 9.91. The average molecular weight is 425 g/mol. The van der Waals surface area contributed by atoms with Gasteiger partial charge in [-0.3, -0.25) is 4.79 Å². The van der Waals surface area contributed by atoms with E-state index in [0.717, 1.165) is 39.4 Å². The third-order valence-corrected chi connectivity index (χ3v) is 5.81. The number of imidazole rings is 1. The van der Waals surface area contributed by atoms with Crippen molar-refractivity contribution < 1.29 is 4.79 Å². The van der Waals surface area contributed by atoms with Gasteiger partial charge in [-0.2, -0.15) is 0 Å². The van der Waals surface area contributed by atoms with Gasteiger partial charge in [0.15, 0.2) is 5.82 Å². The molecule has 0 radical (unpaired) electrons. The molecule has 0 fully saturated rings. The van der Waals surface area contributed by atoms with E-state index < -0.39 is 0 Å². The number of carbonyl (C=O) groups excluding carboxylic acids is 1. The molecule has 3 aromatic carbocycles. The molecule has 0 saturated carbocycles. The van der Waals surface area contributed by atoms with Crippen LogP contribution in [0.1, 0.15) is 17.0 Å². The minimum atomic E-state index is -0.286. The highest BCUT2D eigenvalue weighted by Gasteiger charge is 2.21. The van der Waals surface area contributed by atoms with Crippen LogP contribution in [0.2, 0.25) is 0 Å². The minimum absolute atomic E-state index is 0.0337. The SMILES string of the molecule is O=C(Nc1ccc2nc(-c3cscn3)[nH]c2c1)C(Cc1ccccc1)c1ccccc1. The molecule has 31 heavy (non-hydrogen) atoms. The van der Waals surface area contributed by atoms with Gasteiger partial charge < -0.3 is 10.3 Å². The second kappa shape index (κ2) is 8.53. The van der Waals surface area contributed by atoms with Crippen molar-refractivity contribution in [2.75, 3.05) is 5.32 Å². The summed E-state index contributed by atoms with van der Waals surface area (Å²) < 4.78 is 0. The van der Waals surface area contributed by atoms with E-state index in [0.29, 0.717) is 6.42 Å². The number of hydrogen-bond donors (Lipinski definition) is 2. The number of aromatic nitrogens is 3. The molecule has 2 N–H and O–H groups in total. The van der Waals surface area contributed by atoms with E-state index in [9.17, 15) is 4.79 Å². The molecule has 1 atom stereocenters. The Balaban J connectivity index is 1.41. The van der Waals surface area contributed by atoms with Crippen molar-refractivity contribution in [1.82, 2.24) is 15.0 Å². The molecule has 0 bridgehead atoms. The zero-order chi connectivity index (χ0) is 21.0. The van der Waals surface area contributed by atoms with Gasteiger partial charge in [-0.25, -0.2) is 9.97 Å². The number of amides is 1. The van der Waals surface area contributed by atoms with E-state index >= 15 is 0 Å². The predicted molar refractivity (Wildman–Crippen MR) is 125 cm³/mol. The summed E-state index contributed by atoms with van der Waals surface area (Å²) in [5.41, 5.74) is 7.16. The van der Waals surface area contributed by atoms with Gasteiger partial charge >= 0.3 is 0 Å². The molecule has 5 rings (SSSR count). The number of nitrogens with one attached hydrogen (secondary N) is 2. The number of H-pyrrole nitrogens is 1. The Morgan fingerprint density at radius 3 is 2.52 bits per heavy atom. The normalized spacial score (nSPS) is 12.0. The molecule has 2 heterocycles. The molecule has 1 amide bonds. The fourth-order valence-corrected chi connectivity index (χ4v) is 4.20. The van der Waals surface area contributed by atoms with Gasteiger partial charge in [0.1, 0.15) is 5.69 Å². The van der Waals surface area contributed by atoms with Gasteiger partial charge in [0, 0.05) is 11.1 Å². The van der Waals surface area contributed by atoms with Crippen LogP contribution in [0.25, 0.3) is 22.6 Å². The predicted octanol–water partition coefficient (Wildman–Crippen LogP) is 5.65. The van der Waals surface area contributed by atoms with E-state index in [4.69, 9.17) is 0 Å². The summed E-state index contributed by atoms with van der Waals surface area (Å²) in [6.45, 7) is 0. The van der Waals surface area contributed by atoms with Gasteiger partial charge in [-0.15, -0.1) is 11.3 Å². The number of nitrogens with zero attached hydrogens (tertiary/aromatic N) is 2. The number of anilines is 1. The van der Waals surface area contributed by atoms with Crippen molar-refractivity contribution in [2.45, 2.75) is 12.3 Å². The molecular weight excluding hydrogens is 404 g/mol. The second-order valence-corrected chi connectivity index (χ2v) is 8.05. The number of thiazole rings is 1. The molecule has 0 aliphatic heterocycles. The number of benzene rings is 3. The molecule has 1 unspecified atom stereocenters. The summed E-state index contributed by atoms with van der Waals surface area (Å²) in [6, 6.07) is 25.7. The number of fused-ring (bicyclic) bond motifs is 1. The van der Waals surface area contributed by atoms with Crippen LogP contribution in [-0.4, -0.2) is 20.9 Å². The molecule has 5 nitrogen and oxygen atoms in total. The Morgan fingerprint density at radius 1 is 1.00 bits per heavy atom. The van der Waals surface area contributed by atoms with Crippen molar-refractivity contribution in [2.24, 2.45) is 0 Å². The number of aromatic amines is 1. The van der Waals surface area contributed by atoms with Crippen LogP contribution in [0.15, 0.2) is 89.8 Å². The number of carbonyl (C=O) groups is 1. The molecule has 0 saturated heterocycles. The van der Waals surface area contributed by atoms with E-state index in [-0.39, 0.29) is 11.8 Å². The van der Waals surface area contributed by atoms with Gasteiger partial charge in [-0.1, -0.05) is 60.7 Å². The third-order valence-electron chi connectivity index (χ3n) is 5.23. The summed E-state index contributed by atoms with van der Waals surface area (Å²) in [6.07, 6.45) is 0.636. The van der Waals surface area contributed by atoms with Gasteiger partial charge in [0.2, 0.25) is 5.91 Å². The lowest BCUT2D eigenvalue weighted by molar-refractivity contribution is -0.117. The highest BCUT2D eigenvalue weighted by molar-refractivity contribution is 7.07. The maximum atomic E-state index is 13.3. The van der Waals surface area contributed by atoms with Crippen LogP contribution >= 0.6 is 11.3 Å². The van der Waals surface area contributed by atoms with Gasteiger partial charge in [0.05, 0.1) is 22.5 Å². The quantitative estimate of drug-likeness (QED) is 0.370. The van der Waals surface area contributed by atoms with Crippen molar-refractivity contribution >= 4 is 34.0 Å². The summed E-state index contributed by atoms with van der Waals surface area (Å²) in [7, 11) is 0. The summed E-state index contributed by atoms with van der Waals surface area (Å²) in [5.74, 6) is 0.409. The fraction of sp³-hybridized carbons (Fsp3) is 0.0800. The first-order chi connectivity index (χ1) is 15.3. The Bertz CT molecular complexity index is 1300. The highest BCUT2D eigenvalue weighted by Crippen LogP contribution is 2.26. The summed E-state index contributed by atoms with van der Waals surface area (Å²) in [5, 5.41) is 5.05. The second-order valence-electron chi connectivity index (χ2n) is 7.33. The first kappa shape index (κ1) is 19.2. The first-order valence-electron chi connectivity index (χ1n) is 10.0. The number of hydrogen-bond acceptors (Lipinski definition) is 4. The largest absolute Gasteiger partial charge is 0.337 e. The molecule has 5 aromatic rings. The van der Waals surface area contributed by atoms with Crippen LogP contribution in [0.3, 0.4) is 0 Å². The van der Waals surface area contributed by atoms with E-state index in [1.165, 1.54) is 11.3 Å². The third kappa shape index (κ3) is 4.25. The topological polar surface area (TPSA) is 70.7 Å². The molecule has 152 valence electrons. The Labute approximate surface area is 183 Å². The lowest BCUT2D eigenvalue weighted by Gasteiger charge is -2.17. The van der Waals surface area contributed by atoms with Gasteiger partial charge in [0.25, 0.3) is 0 Å².